The summed E-state index contributed by atoms with van der Waals surface area (Å²) >= 11 is 0. The zero-order valence-corrected chi connectivity index (χ0v) is 40.1. The van der Waals surface area contributed by atoms with Gasteiger partial charge >= 0.3 is 12.1 Å². The second-order valence-corrected chi connectivity index (χ2v) is 18.4. The molecule has 0 saturated carbocycles. The standard InChI is InChI=1S/C58H55N5O9/c1-60(38-40-13-6-3-7-14-40)30-12-15-39-20-29-48-47(37-39)58(56(67)62(48)57(68)71-36-35-69-2)49(54(65)59-44-23-25-45(26-24-44)61-31-33-70-34-32-61)51-55(66)72-52(42-18-10-5-11-19-42)50(41-16-8-4-9-17-41)63(51)53(58)43-21-27-46(64)28-22-43/h3-11,13-14,16-29,37,49-53,64H,30-36,38H2,1-2H3,(H,59,65). The van der Waals surface area contributed by atoms with E-state index in [0.717, 1.165) is 21.7 Å². The van der Waals surface area contributed by atoms with Crippen molar-refractivity contribution in [2.75, 3.05) is 75.3 Å². The molecule has 0 radical (unpaired) electrons. The highest BCUT2D eigenvalue weighted by Crippen LogP contribution is 2.66. The van der Waals surface area contributed by atoms with Gasteiger partial charge in [0.25, 0.3) is 0 Å². The number of amides is 3. The molecule has 0 aliphatic carbocycles. The summed E-state index contributed by atoms with van der Waals surface area (Å²) in [5, 5.41) is 13.9. The zero-order valence-electron chi connectivity index (χ0n) is 40.1. The van der Waals surface area contributed by atoms with Crippen molar-refractivity contribution < 1.29 is 43.2 Å². The van der Waals surface area contributed by atoms with Gasteiger partial charge in [0.2, 0.25) is 11.8 Å². The summed E-state index contributed by atoms with van der Waals surface area (Å²) in [7, 11) is 3.45. The molecule has 6 aromatic rings. The van der Waals surface area contributed by atoms with Gasteiger partial charge in [-0.15, -0.1) is 0 Å². The number of methoxy groups -OCH3 is 1. The predicted octanol–water partition coefficient (Wildman–Crippen LogP) is 7.80. The van der Waals surface area contributed by atoms with Crippen LogP contribution < -0.4 is 15.1 Å². The van der Waals surface area contributed by atoms with Gasteiger partial charge in [-0.2, -0.15) is 0 Å². The molecule has 10 rings (SSSR count). The average molecular weight is 966 g/mol. The molecule has 0 aromatic heterocycles. The van der Waals surface area contributed by atoms with Crippen LogP contribution >= 0.6 is 0 Å². The molecule has 6 aromatic carbocycles. The third kappa shape index (κ3) is 9.08. The fourth-order valence-corrected chi connectivity index (χ4v) is 10.9. The number of esters is 1. The molecule has 3 amide bonds. The maximum atomic E-state index is 16.5. The Labute approximate surface area is 418 Å². The molecule has 14 nitrogen and oxygen atoms in total. The Bertz CT molecular complexity index is 2980. The highest BCUT2D eigenvalue weighted by molar-refractivity contribution is 6.24. The minimum atomic E-state index is -2.05. The number of phenols is 1. The number of carbonyl (C=O) groups excluding carboxylic acids is 4. The van der Waals surface area contributed by atoms with E-state index in [1.165, 1.54) is 19.2 Å². The number of aromatic hydroxyl groups is 1. The van der Waals surface area contributed by atoms with Crippen LogP contribution in [0.1, 0.15) is 51.6 Å². The molecule has 4 aliphatic rings. The van der Waals surface area contributed by atoms with E-state index in [1.807, 2.05) is 103 Å². The largest absolute Gasteiger partial charge is 0.508 e. The predicted molar refractivity (Wildman–Crippen MR) is 271 cm³/mol. The lowest BCUT2D eigenvalue weighted by Gasteiger charge is -2.46. The molecular weight excluding hydrogens is 911 g/mol. The lowest BCUT2D eigenvalue weighted by molar-refractivity contribution is -0.177. The molecule has 14 heteroatoms. The SMILES string of the molecule is COCCOC(=O)N1C(=O)C2(c3cc(C#CCN(C)Cc4ccccc4)ccc31)C(C(=O)Nc1ccc(N3CCOCC3)cc1)C1C(=O)OC(c3ccccc3)C(c3ccccc3)N1C2c1ccc(O)cc1. The topological polar surface area (TPSA) is 150 Å². The van der Waals surface area contributed by atoms with Gasteiger partial charge in [0.05, 0.1) is 50.1 Å². The maximum absolute atomic E-state index is 16.5. The Balaban J connectivity index is 1.19. The number of nitrogens with one attached hydrogen (secondary N) is 1. The Morgan fingerprint density at radius 3 is 2.14 bits per heavy atom. The van der Waals surface area contributed by atoms with Gasteiger partial charge in [-0.1, -0.05) is 115 Å². The van der Waals surface area contributed by atoms with Crippen LogP contribution in [0.5, 0.6) is 5.75 Å². The minimum absolute atomic E-state index is 0.0340. The van der Waals surface area contributed by atoms with Crippen molar-refractivity contribution in [3.05, 3.63) is 191 Å². The number of benzene rings is 6. The van der Waals surface area contributed by atoms with Gasteiger partial charge in [-0.25, -0.2) is 9.69 Å². The van der Waals surface area contributed by atoms with E-state index in [9.17, 15) is 9.90 Å². The van der Waals surface area contributed by atoms with E-state index in [2.05, 4.69) is 39.1 Å². The van der Waals surface area contributed by atoms with Crippen molar-refractivity contribution in [1.29, 1.82) is 0 Å². The number of cyclic esters (lactones) is 1. The van der Waals surface area contributed by atoms with E-state index in [-0.39, 0.29) is 24.7 Å². The Kier molecular flexibility index (Phi) is 13.9. The number of anilines is 3. The second kappa shape index (κ2) is 20.9. The van der Waals surface area contributed by atoms with E-state index >= 15 is 14.4 Å². The molecular formula is C58H55N5O9. The Hall–Kier alpha value is -7.80. The summed E-state index contributed by atoms with van der Waals surface area (Å²) in [5.41, 5.74) is 3.40. The first-order chi connectivity index (χ1) is 35.2. The monoisotopic (exact) mass is 965 g/mol. The van der Waals surface area contributed by atoms with Crippen LogP contribution in [-0.2, 0) is 45.3 Å². The number of ether oxygens (including phenoxy) is 4. The first-order valence-electron chi connectivity index (χ1n) is 24.1. The highest BCUT2D eigenvalue weighted by atomic mass is 16.6. The molecule has 366 valence electrons. The van der Waals surface area contributed by atoms with Crippen LogP contribution in [-0.4, -0.2) is 105 Å². The summed E-state index contributed by atoms with van der Waals surface area (Å²) in [6.07, 6.45) is -1.90. The van der Waals surface area contributed by atoms with Crippen molar-refractivity contribution >= 4 is 40.9 Å². The van der Waals surface area contributed by atoms with E-state index in [1.54, 1.807) is 42.5 Å². The Morgan fingerprint density at radius 1 is 0.792 bits per heavy atom. The van der Waals surface area contributed by atoms with Crippen LogP contribution in [0.4, 0.5) is 21.9 Å². The molecule has 6 unspecified atom stereocenters. The van der Waals surface area contributed by atoms with Crippen LogP contribution in [0.2, 0.25) is 0 Å². The number of nitrogens with zero attached hydrogens (tertiary/aromatic N) is 4. The van der Waals surface area contributed by atoms with Crippen molar-refractivity contribution in [3.63, 3.8) is 0 Å². The average Bonchev–Trinajstić information content (AvgIpc) is 3.86. The first kappa shape index (κ1) is 47.9. The lowest BCUT2D eigenvalue weighted by atomic mass is 9.65. The van der Waals surface area contributed by atoms with Crippen LogP contribution in [0.15, 0.2) is 158 Å². The van der Waals surface area contributed by atoms with E-state index < -0.39 is 59.4 Å². The van der Waals surface area contributed by atoms with Crippen molar-refractivity contribution in [1.82, 2.24) is 9.80 Å². The molecule has 3 fully saturated rings. The number of hydrogen-bond acceptors (Lipinski definition) is 12. The summed E-state index contributed by atoms with van der Waals surface area (Å²) in [4.78, 5) is 69.7. The molecule has 3 saturated heterocycles. The molecule has 6 atom stereocenters. The summed E-state index contributed by atoms with van der Waals surface area (Å²) in [5.74, 6) is 2.86. The van der Waals surface area contributed by atoms with Crippen LogP contribution in [0.25, 0.3) is 0 Å². The van der Waals surface area contributed by atoms with Crippen LogP contribution in [0, 0.1) is 17.8 Å². The normalized spacial score (nSPS) is 22.5. The highest BCUT2D eigenvalue weighted by Gasteiger charge is 2.75. The number of carbonyl (C=O) groups is 4. The fraction of sp³-hybridized carbons (Fsp3) is 0.276. The molecule has 4 heterocycles. The van der Waals surface area contributed by atoms with Gasteiger partial charge in [0.1, 0.15) is 29.9 Å². The van der Waals surface area contributed by atoms with Gasteiger partial charge in [-0.3, -0.25) is 24.2 Å². The number of morpholine rings is 2. The van der Waals surface area contributed by atoms with Crippen molar-refractivity contribution in [2.24, 2.45) is 5.92 Å². The van der Waals surface area contributed by atoms with Gasteiger partial charge < -0.3 is 34.3 Å². The summed E-state index contributed by atoms with van der Waals surface area (Å²) < 4.78 is 23.1. The van der Waals surface area contributed by atoms with E-state index in [4.69, 9.17) is 18.9 Å². The molecule has 0 bridgehead atoms. The number of hydrogen-bond donors (Lipinski definition) is 2. The maximum Gasteiger partial charge on any atom is 0.421 e. The number of rotatable bonds is 12. The third-order valence-corrected chi connectivity index (χ3v) is 14.0. The molecule has 4 aliphatic heterocycles. The Morgan fingerprint density at radius 2 is 1.46 bits per heavy atom. The smallest absolute Gasteiger partial charge is 0.421 e. The number of imide groups is 1. The van der Waals surface area contributed by atoms with Crippen LogP contribution in [0.3, 0.4) is 0 Å². The van der Waals surface area contributed by atoms with Crippen molar-refractivity contribution in [2.45, 2.75) is 36.2 Å². The number of fused-ring (bicyclic) bond motifs is 3. The van der Waals surface area contributed by atoms with Gasteiger partial charge in [0.15, 0.2) is 0 Å². The molecule has 72 heavy (non-hydrogen) atoms. The summed E-state index contributed by atoms with van der Waals surface area (Å²) in [6.45, 7) is 3.58. The van der Waals surface area contributed by atoms with Crippen molar-refractivity contribution in [3.8, 4) is 17.6 Å². The lowest BCUT2D eigenvalue weighted by Crippen LogP contribution is -2.54. The fourth-order valence-electron chi connectivity index (χ4n) is 10.9. The number of phenolic OH excluding ortho intramolecular Hbond substituents is 1. The second-order valence-electron chi connectivity index (χ2n) is 18.4. The first-order valence-corrected chi connectivity index (χ1v) is 24.1. The summed E-state index contributed by atoms with van der Waals surface area (Å²) in [6, 6.07) is 44.6. The third-order valence-electron chi connectivity index (χ3n) is 14.0. The minimum Gasteiger partial charge on any atom is -0.508 e. The molecule has 2 N–H and O–H groups in total. The van der Waals surface area contributed by atoms with Gasteiger partial charge in [0, 0.05) is 43.7 Å². The van der Waals surface area contributed by atoms with Gasteiger partial charge in [-0.05, 0) is 89.5 Å². The van der Waals surface area contributed by atoms with E-state index in [0.29, 0.717) is 67.3 Å². The zero-order chi connectivity index (χ0) is 49.8. The quantitative estimate of drug-likeness (QED) is 0.0700. The molecule has 1 spiro atoms.